The van der Waals surface area contributed by atoms with Crippen molar-refractivity contribution in [1.29, 1.82) is 0 Å². The molecule has 0 saturated carbocycles. The lowest BCUT2D eigenvalue weighted by atomic mass is 10.1. The van der Waals surface area contributed by atoms with Crippen molar-refractivity contribution in [2.75, 3.05) is 26.2 Å². The summed E-state index contributed by atoms with van der Waals surface area (Å²) >= 11 is 0. The molecule has 1 saturated heterocycles. The lowest BCUT2D eigenvalue weighted by Gasteiger charge is -2.38. The van der Waals surface area contributed by atoms with E-state index in [1.807, 2.05) is 73.4 Å². The van der Waals surface area contributed by atoms with Gasteiger partial charge < -0.3 is 9.64 Å². The van der Waals surface area contributed by atoms with Crippen molar-refractivity contribution in [1.82, 2.24) is 14.8 Å². The van der Waals surface area contributed by atoms with Gasteiger partial charge in [0.25, 0.3) is 5.91 Å². The largest absolute Gasteiger partial charge is 0.478 e. The highest BCUT2D eigenvalue weighted by molar-refractivity contribution is 5.85. The number of aromatic nitrogens is 1. The van der Waals surface area contributed by atoms with E-state index in [-0.39, 0.29) is 5.91 Å². The molecule has 1 aliphatic heterocycles. The Kier molecular flexibility index (Phi) is 7.20. The lowest BCUT2D eigenvalue weighted by molar-refractivity contribution is -0.147. The predicted molar refractivity (Wildman–Crippen MR) is 133 cm³/mol. The summed E-state index contributed by atoms with van der Waals surface area (Å²) in [5, 5.41) is 0. The highest BCUT2D eigenvalue weighted by Gasteiger charge is 2.35. The van der Waals surface area contributed by atoms with Crippen LogP contribution < -0.4 is 4.74 Å². The number of pyridine rings is 1. The summed E-state index contributed by atoms with van der Waals surface area (Å²) in [4.78, 5) is 21.5. The lowest BCUT2D eigenvalue weighted by Crippen LogP contribution is -2.55. The van der Waals surface area contributed by atoms with Gasteiger partial charge in [0.1, 0.15) is 5.75 Å². The van der Waals surface area contributed by atoms with Crippen LogP contribution in [0.3, 0.4) is 0 Å². The van der Waals surface area contributed by atoms with Gasteiger partial charge >= 0.3 is 0 Å². The summed E-state index contributed by atoms with van der Waals surface area (Å²) in [5.74, 6) is 0.723. The maximum Gasteiger partial charge on any atom is 0.266 e. The summed E-state index contributed by atoms with van der Waals surface area (Å²) in [5.41, 5.74) is 2.55. The predicted octanol–water partition coefficient (Wildman–Crippen LogP) is 4.75. The van der Waals surface area contributed by atoms with Crippen molar-refractivity contribution in [2.45, 2.75) is 26.0 Å². The van der Waals surface area contributed by atoms with Crippen molar-refractivity contribution in [2.24, 2.45) is 0 Å². The molecule has 0 aliphatic carbocycles. The van der Waals surface area contributed by atoms with Gasteiger partial charge in [-0.25, -0.2) is 0 Å². The zero-order chi connectivity index (χ0) is 23.1. The Bertz CT molecular complexity index is 1060. The normalized spacial score (nSPS) is 15.0. The van der Waals surface area contributed by atoms with Gasteiger partial charge in [0.15, 0.2) is 5.60 Å². The molecule has 2 aromatic carbocycles. The average Bonchev–Trinajstić information content (AvgIpc) is 2.85. The molecule has 5 heteroatoms. The third-order valence-corrected chi connectivity index (χ3v) is 5.85. The Morgan fingerprint density at radius 2 is 1.48 bits per heavy atom. The van der Waals surface area contributed by atoms with Crippen LogP contribution in [0, 0.1) is 0 Å². The SMILES string of the molecule is CC(C)(Oc1ccc(/C=C/c2ccncc2)cc1)C(=O)N1CCN(Cc2ccccc2)CC1. The van der Waals surface area contributed by atoms with Crippen molar-refractivity contribution in [3.8, 4) is 5.75 Å². The third-order valence-electron chi connectivity index (χ3n) is 5.85. The van der Waals surface area contributed by atoms with Gasteiger partial charge in [-0.3, -0.25) is 14.7 Å². The van der Waals surface area contributed by atoms with E-state index in [9.17, 15) is 4.79 Å². The molecule has 170 valence electrons. The van der Waals surface area contributed by atoms with E-state index in [2.05, 4.69) is 34.1 Å². The second-order valence-electron chi connectivity index (χ2n) is 8.85. The number of amides is 1. The number of carbonyl (C=O) groups is 1. The van der Waals surface area contributed by atoms with E-state index in [0.717, 1.165) is 43.9 Å². The van der Waals surface area contributed by atoms with Gasteiger partial charge in [0, 0.05) is 45.1 Å². The fraction of sp³-hybridized carbons (Fsp3) is 0.286. The van der Waals surface area contributed by atoms with Gasteiger partial charge in [0.05, 0.1) is 0 Å². The van der Waals surface area contributed by atoms with E-state index in [0.29, 0.717) is 5.75 Å². The Balaban J connectivity index is 1.30. The number of carbonyl (C=O) groups excluding carboxylic acids is 1. The first-order valence-corrected chi connectivity index (χ1v) is 11.4. The van der Waals surface area contributed by atoms with Crippen LogP contribution in [0.4, 0.5) is 0 Å². The van der Waals surface area contributed by atoms with Crippen LogP contribution in [0.25, 0.3) is 12.2 Å². The first-order valence-electron chi connectivity index (χ1n) is 11.4. The van der Waals surface area contributed by atoms with E-state index >= 15 is 0 Å². The van der Waals surface area contributed by atoms with Crippen LogP contribution in [0.2, 0.25) is 0 Å². The molecule has 0 spiro atoms. The molecular weight excluding hydrogens is 410 g/mol. The highest BCUT2D eigenvalue weighted by atomic mass is 16.5. The van der Waals surface area contributed by atoms with Gasteiger partial charge in [-0.15, -0.1) is 0 Å². The van der Waals surface area contributed by atoms with Crippen molar-refractivity contribution < 1.29 is 9.53 Å². The topological polar surface area (TPSA) is 45.7 Å². The monoisotopic (exact) mass is 441 g/mol. The van der Waals surface area contributed by atoms with Gasteiger partial charge in [-0.05, 0) is 54.8 Å². The van der Waals surface area contributed by atoms with E-state index in [4.69, 9.17) is 4.74 Å². The fourth-order valence-electron chi connectivity index (χ4n) is 3.98. The summed E-state index contributed by atoms with van der Waals surface area (Å²) in [7, 11) is 0. The number of ether oxygens (including phenoxy) is 1. The summed E-state index contributed by atoms with van der Waals surface area (Å²) < 4.78 is 6.12. The van der Waals surface area contributed by atoms with Gasteiger partial charge in [-0.1, -0.05) is 54.6 Å². The molecule has 1 aliphatic rings. The van der Waals surface area contributed by atoms with Crippen molar-refractivity contribution in [3.05, 3.63) is 95.8 Å². The summed E-state index contributed by atoms with van der Waals surface area (Å²) in [6, 6.07) is 22.2. The summed E-state index contributed by atoms with van der Waals surface area (Å²) in [6.45, 7) is 7.80. The Morgan fingerprint density at radius 3 is 2.12 bits per heavy atom. The maximum absolute atomic E-state index is 13.2. The quantitative estimate of drug-likeness (QED) is 0.531. The van der Waals surface area contributed by atoms with Crippen LogP contribution >= 0.6 is 0 Å². The number of piperazine rings is 1. The van der Waals surface area contributed by atoms with Crippen LogP contribution in [0.5, 0.6) is 5.75 Å². The van der Waals surface area contributed by atoms with Gasteiger partial charge in [0.2, 0.25) is 0 Å². The molecule has 0 atom stereocenters. The zero-order valence-electron chi connectivity index (χ0n) is 19.4. The fourth-order valence-corrected chi connectivity index (χ4v) is 3.98. The Labute approximate surface area is 196 Å². The van der Waals surface area contributed by atoms with E-state index in [1.54, 1.807) is 12.4 Å². The molecule has 0 N–H and O–H groups in total. The first-order chi connectivity index (χ1) is 16.0. The third kappa shape index (κ3) is 6.30. The van der Waals surface area contributed by atoms with Crippen molar-refractivity contribution >= 4 is 18.1 Å². The van der Waals surface area contributed by atoms with E-state index in [1.165, 1.54) is 5.56 Å². The molecule has 1 fully saturated rings. The number of benzene rings is 2. The smallest absolute Gasteiger partial charge is 0.266 e. The minimum absolute atomic E-state index is 0.0310. The number of hydrogen-bond donors (Lipinski definition) is 0. The van der Waals surface area contributed by atoms with Crippen LogP contribution in [0.1, 0.15) is 30.5 Å². The molecule has 5 nitrogen and oxygen atoms in total. The summed E-state index contributed by atoms with van der Waals surface area (Å²) in [6.07, 6.45) is 7.64. The first kappa shape index (κ1) is 22.7. The number of nitrogens with zero attached hydrogens (tertiary/aromatic N) is 3. The molecule has 1 aromatic heterocycles. The zero-order valence-corrected chi connectivity index (χ0v) is 19.4. The second kappa shape index (κ2) is 10.5. The molecule has 2 heterocycles. The highest BCUT2D eigenvalue weighted by Crippen LogP contribution is 2.22. The molecule has 0 unspecified atom stereocenters. The van der Waals surface area contributed by atoms with Crippen LogP contribution in [-0.2, 0) is 11.3 Å². The molecule has 0 radical (unpaired) electrons. The molecule has 33 heavy (non-hydrogen) atoms. The second-order valence-corrected chi connectivity index (χ2v) is 8.85. The average molecular weight is 442 g/mol. The molecule has 0 bridgehead atoms. The standard InChI is InChI=1S/C28H31N3O2/c1-28(2,27(32)31-20-18-30(19-21-31)22-25-6-4-3-5-7-25)33-26-12-10-23(11-13-26)8-9-24-14-16-29-17-15-24/h3-17H,18-22H2,1-2H3/b9-8+. The van der Waals surface area contributed by atoms with Crippen molar-refractivity contribution in [3.63, 3.8) is 0 Å². The van der Waals surface area contributed by atoms with Crippen LogP contribution in [-0.4, -0.2) is 52.5 Å². The molecule has 3 aromatic rings. The molecular formula is C28H31N3O2. The minimum Gasteiger partial charge on any atom is -0.478 e. The number of hydrogen-bond acceptors (Lipinski definition) is 4. The maximum atomic E-state index is 13.2. The Hall–Kier alpha value is -3.44. The number of rotatable bonds is 7. The van der Waals surface area contributed by atoms with Crippen LogP contribution in [0.15, 0.2) is 79.1 Å². The molecule has 1 amide bonds. The van der Waals surface area contributed by atoms with Gasteiger partial charge in [-0.2, -0.15) is 0 Å². The van der Waals surface area contributed by atoms with E-state index < -0.39 is 5.60 Å². The minimum atomic E-state index is -0.921. The Morgan fingerprint density at radius 1 is 0.879 bits per heavy atom. The molecule has 4 rings (SSSR count).